The van der Waals surface area contributed by atoms with E-state index in [4.69, 9.17) is 4.74 Å². The third-order valence-electron chi connectivity index (χ3n) is 3.92. The smallest absolute Gasteiger partial charge is 0.338 e. The molecule has 23 heavy (non-hydrogen) atoms. The second kappa shape index (κ2) is 5.53. The van der Waals surface area contributed by atoms with Gasteiger partial charge in [-0.15, -0.1) is 0 Å². The number of aryl methyl sites for hydroxylation is 1. The zero-order valence-electron chi connectivity index (χ0n) is 13.9. The first-order valence-corrected chi connectivity index (χ1v) is 7.47. The summed E-state index contributed by atoms with van der Waals surface area (Å²) in [7, 11) is 1.87. The van der Waals surface area contributed by atoms with Gasteiger partial charge in [-0.3, -0.25) is 4.68 Å². The molecular weight excluding hydrogens is 296 g/mol. The molecular formula is C15H20N6O2. The van der Waals surface area contributed by atoms with E-state index in [1.54, 1.807) is 15.6 Å². The fourth-order valence-electron chi connectivity index (χ4n) is 2.70. The molecule has 1 atom stereocenters. The van der Waals surface area contributed by atoms with E-state index in [-0.39, 0.29) is 12.1 Å². The average Bonchev–Trinajstić information content (AvgIpc) is 3.04. The van der Waals surface area contributed by atoms with Crippen molar-refractivity contribution >= 4 is 11.9 Å². The largest absolute Gasteiger partial charge is 0.459 e. The van der Waals surface area contributed by atoms with Crippen molar-refractivity contribution in [3.8, 4) is 0 Å². The van der Waals surface area contributed by atoms with Crippen LogP contribution in [0.25, 0.3) is 0 Å². The standard InChI is InChI=1S/C15H20N6O2/c1-8(2)23-14(22)12-9(3)19-15-16-7-18-21(15)13(12)11-6-17-20(5)10(11)4/h6-8,13H,1-5H3,(H,16,18,19)/t13-/m1/s1. The van der Waals surface area contributed by atoms with Crippen molar-refractivity contribution in [3.63, 3.8) is 0 Å². The van der Waals surface area contributed by atoms with Crippen LogP contribution in [0.1, 0.15) is 38.1 Å². The highest BCUT2D eigenvalue weighted by molar-refractivity contribution is 5.92. The van der Waals surface area contributed by atoms with E-state index >= 15 is 0 Å². The van der Waals surface area contributed by atoms with Crippen LogP contribution in [0, 0.1) is 6.92 Å². The van der Waals surface area contributed by atoms with E-state index in [2.05, 4.69) is 20.5 Å². The third-order valence-corrected chi connectivity index (χ3v) is 3.92. The molecule has 0 bridgehead atoms. The number of fused-ring (bicyclic) bond motifs is 1. The maximum atomic E-state index is 12.6. The van der Waals surface area contributed by atoms with Gasteiger partial charge in [-0.2, -0.15) is 15.2 Å². The fraction of sp³-hybridized carbons (Fsp3) is 0.467. The number of carbonyl (C=O) groups excluding carboxylic acids is 1. The molecule has 8 heteroatoms. The van der Waals surface area contributed by atoms with Gasteiger partial charge >= 0.3 is 5.97 Å². The van der Waals surface area contributed by atoms with Crippen LogP contribution in [0.2, 0.25) is 0 Å². The number of esters is 1. The maximum Gasteiger partial charge on any atom is 0.338 e. The number of hydrogen-bond donors (Lipinski definition) is 1. The Kier molecular flexibility index (Phi) is 3.67. The molecule has 0 aromatic carbocycles. The van der Waals surface area contributed by atoms with Crippen molar-refractivity contribution in [2.75, 3.05) is 5.32 Å². The molecule has 0 aliphatic carbocycles. The quantitative estimate of drug-likeness (QED) is 0.865. The van der Waals surface area contributed by atoms with Crippen LogP contribution in [0.15, 0.2) is 23.8 Å². The van der Waals surface area contributed by atoms with Crippen molar-refractivity contribution in [3.05, 3.63) is 35.1 Å². The molecule has 1 aliphatic heterocycles. The monoisotopic (exact) mass is 316 g/mol. The number of hydrogen-bond acceptors (Lipinski definition) is 6. The van der Waals surface area contributed by atoms with Crippen molar-refractivity contribution in [2.45, 2.75) is 39.8 Å². The van der Waals surface area contributed by atoms with E-state index < -0.39 is 6.04 Å². The minimum absolute atomic E-state index is 0.199. The number of rotatable bonds is 3. The zero-order valence-corrected chi connectivity index (χ0v) is 13.9. The molecule has 3 heterocycles. The Morgan fingerprint density at radius 3 is 2.70 bits per heavy atom. The normalized spacial score (nSPS) is 17.2. The highest BCUT2D eigenvalue weighted by Crippen LogP contribution is 2.36. The topological polar surface area (TPSA) is 86.9 Å². The van der Waals surface area contributed by atoms with Gasteiger partial charge in [-0.25, -0.2) is 9.48 Å². The molecule has 0 spiro atoms. The number of anilines is 1. The summed E-state index contributed by atoms with van der Waals surface area (Å²) >= 11 is 0. The summed E-state index contributed by atoms with van der Waals surface area (Å²) in [5.41, 5.74) is 3.09. The predicted molar refractivity (Wildman–Crippen MR) is 83.7 cm³/mol. The van der Waals surface area contributed by atoms with E-state index in [0.717, 1.165) is 11.3 Å². The molecule has 0 fully saturated rings. The van der Waals surface area contributed by atoms with E-state index in [1.165, 1.54) is 6.33 Å². The fourth-order valence-corrected chi connectivity index (χ4v) is 2.70. The Bertz CT molecular complexity index is 786. The van der Waals surface area contributed by atoms with Crippen molar-refractivity contribution < 1.29 is 9.53 Å². The molecule has 2 aromatic rings. The molecule has 1 N–H and O–H groups in total. The Balaban J connectivity index is 2.15. The Morgan fingerprint density at radius 1 is 1.35 bits per heavy atom. The van der Waals surface area contributed by atoms with Crippen molar-refractivity contribution in [1.29, 1.82) is 0 Å². The van der Waals surface area contributed by atoms with Crippen LogP contribution in [-0.4, -0.2) is 36.6 Å². The van der Waals surface area contributed by atoms with E-state index in [1.807, 2.05) is 34.7 Å². The lowest BCUT2D eigenvalue weighted by Crippen LogP contribution is -2.30. The first-order chi connectivity index (χ1) is 10.9. The highest BCUT2D eigenvalue weighted by Gasteiger charge is 2.36. The summed E-state index contributed by atoms with van der Waals surface area (Å²) in [5.74, 6) is 0.233. The van der Waals surface area contributed by atoms with Gasteiger partial charge in [0.05, 0.1) is 17.9 Å². The van der Waals surface area contributed by atoms with Gasteiger partial charge in [0.2, 0.25) is 5.95 Å². The Labute approximate surface area is 134 Å². The van der Waals surface area contributed by atoms with Crippen LogP contribution in [0.5, 0.6) is 0 Å². The number of allylic oxidation sites excluding steroid dienone is 1. The van der Waals surface area contributed by atoms with Crippen molar-refractivity contribution in [1.82, 2.24) is 24.5 Å². The maximum absolute atomic E-state index is 12.6. The highest BCUT2D eigenvalue weighted by atomic mass is 16.5. The summed E-state index contributed by atoms with van der Waals surface area (Å²) in [6, 6.07) is -0.409. The Morgan fingerprint density at radius 2 is 2.09 bits per heavy atom. The van der Waals surface area contributed by atoms with Gasteiger partial charge in [0.25, 0.3) is 0 Å². The molecule has 0 saturated heterocycles. The lowest BCUT2D eigenvalue weighted by molar-refractivity contribution is -0.143. The van der Waals surface area contributed by atoms with Crippen LogP contribution < -0.4 is 5.32 Å². The molecule has 2 aromatic heterocycles. The van der Waals surface area contributed by atoms with Crippen LogP contribution in [0.3, 0.4) is 0 Å². The predicted octanol–water partition coefficient (Wildman–Crippen LogP) is 1.56. The van der Waals surface area contributed by atoms with E-state index in [0.29, 0.717) is 17.2 Å². The number of ether oxygens (including phenoxy) is 1. The van der Waals surface area contributed by atoms with Gasteiger partial charge in [0, 0.05) is 24.0 Å². The van der Waals surface area contributed by atoms with Crippen LogP contribution in [-0.2, 0) is 16.6 Å². The summed E-state index contributed by atoms with van der Waals surface area (Å²) in [5, 5.41) is 11.7. The Hall–Kier alpha value is -2.64. The van der Waals surface area contributed by atoms with Gasteiger partial charge in [-0.05, 0) is 27.7 Å². The van der Waals surface area contributed by atoms with Crippen LogP contribution in [0.4, 0.5) is 5.95 Å². The number of nitrogens with one attached hydrogen (secondary N) is 1. The molecule has 122 valence electrons. The van der Waals surface area contributed by atoms with Gasteiger partial charge in [0.1, 0.15) is 12.4 Å². The second-order valence-corrected chi connectivity index (χ2v) is 5.86. The minimum Gasteiger partial charge on any atom is -0.459 e. The molecule has 0 unspecified atom stereocenters. The van der Waals surface area contributed by atoms with Gasteiger partial charge in [-0.1, -0.05) is 0 Å². The van der Waals surface area contributed by atoms with E-state index in [9.17, 15) is 4.79 Å². The number of aromatic nitrogens is 5. The SMILES string of the molecule is CC1=C(C(=O)OC(C)C)[C@@H](c2cnn(C)c2C)n2ncnc2N1. The lowest BCUT2D eigenvalue weighted by atomic mass is 9.96. The molecule has 1 aliphatic rings. The summed E-state index contributed by atoms with van der Waals surface area (Å²) in [4.78, 5) is 16.8. The molecule has 0 amide bonds. The summed E-state index contributed by atoms with van der Waals surface area (Å²) in [6.45, 7) is 7.46. The average molecular weight is 316 g/mol. The summed E-state index contributed by atoms with van der Waals surface area (Å²) < 4.78 is 8.89. The second-order valence-electron chi connectivity index (χ2n) is 5.86. The number of nitrogens with zero attached hydrogens (tertiary/aromatic N) is 5. The number of carbonyl (C=O) groups is 1. The first kappa shape index (κ1) is 15.3. The first-order valence-electron chi connectivity index (χ1n) is 7.47. The molecule has 0 radical (unpaired) electrons. The molecule has 3 rings (SSSR count). The lowest BCUT2D eigenvalue weighted by Gasteiger charge is -2.28. The zero-order chi connectivity index (χ0) is 16.7. The van der Waals surface area contributed by atoms with Gasteiger partial charge in [0.15, 0.2) is 0 Å². The van der Waals surface area contributed by atoms with Gasteiger partial charge < -0.3 is 10.1 Å². The van der Waals surface area contributed by atoms with Crippen molar-refractivity contribution in [2.24, 2.45) is 7.05 Å². The van der Waals surface area contributed by atoms with Crippen LogP contribution >= 0.6 is 0 Å². The summed E-state index contributed by atoms with van der Waals surface area (Å²) in [6.07, 6.45) is 3.02. The third kappa shape index (κ3) is 2.49. The minimum atomic E-state index is -0.409. The molecule has 0 saturated carbocycles. The molecule has 8 nitrogen and oxygen atoms in total.